The highest BCUT2D eigenvalue weighted by Crippen LogP contribution is 2.27. The topological polar surface area (TPSA) is 37.3 Å². The van der Waals surface area contributed by atoms with E-state index in [0.29, 0.717) is 6.42 Å². The maximum absolute atomic E-state index is 10.8. The van der Waals surface area contributed by atoms with Gasteiger partial charge in [-0.2, -0.15) is 0 Å². The van der Waals surface area contributed by atoms with Gasteiger partial charge in [0.1, 0.15) is 0 Å². The van der Waals surface area contributed by atoms with Gasteiger partial charge >= 0.3 is 5.97 Å². The summed E-state index contributed by atoms with van der Waals surface area (Å²) in [5.74, 6) is -1.05. The number of hydrogen-bond acceptors (Lipinski definition) is 1. The molecule has 0 saturated heterocycles. The Morgan fingerprint density at radius 1 is 1.29 bits per heavy atom. The lowest BCUT2D eigenvalue weighted by Crippen LogP contribution is -2.16. The van der Waals surface area contributed by atoms with Crippen LogP contribution in [-0.4, -0.2) is 11.1 Å². The van der Waals surface area contributed by atoms with Gasteiger partial charge in [-0.3, -0.25) is 4.79 Å². The average molecular weight is 234 g/mol. The average Bonchev–Trinajstić information content (AvgIpc) is 2.29. The first-order chi connectivity index (χ1) is 7.86. The number of carbonyl (C=O) groups is 1. The molecule has 94 valence electrons. The molecule has 1 unspecified atom stereocenters. The first kappa shape index (κ1) is 13.8. The van der Waals surface area contributed by atoms with Crippen molar-refractivity contribution in [1.29, 1.82) is 0 Å². The standard InChI is InChI=1S/C15H22O2/c1-5-15(3,4)13-8-6-12(7-9-13)10-11(2)14(16)17/h6-9,11H,5,10H2,1-4H3,(H,16,17). The minimum Gasteiger partial charge on any atom is -0.481 e. The van der Waals surface area contributed by atoms with Crippen LogP contribution < -0.4 is 0 Å². The van der Waals surface area contributed by atoms with Gasteiger partial charge in [0.2, 0.25) is 0 Å². The number of hydrogen-bond donors (Lipinski definition) is 1. The smallest absolute Gasteiger partial charge is 0.306 e. The van der Waals surface area contributed by atoms with E-state index >= 15 is 0 Å². The van der Waals surface area contributed by atoms with E-state index < -0.39 is 5.97 Å². The third-order valence-corrected chi connectivity index (χ3v) is 3.58. The molecule has 1 aromatic carbocycles. The Hall–Kier alpha value is -1.31. The molecule has 0 aliphatic rings. The van der Waals surface area contributed by atoms with Gasteiger partial charge in [-0.25, -0.2) is 0 Å². The van der Waals surface area contributed by atoms with E-state index in [1.807, 2.05) is 12.1 Å². The molecule has 0 amide bonds. The molecule has 17 heavy (non-hydrogen) atoms. The fraction of sp³-hybridized carbons (Fsp3) is 0.533. The molecule has 0 radical (unpaired) electrons. The number of benzene rings is 1. The second-order valence-electron chi connectivity index (χ2n) is 5.38. The summed E-state index contributed by atoms with van der Waals surface area (Å²) in [6.45, 7) is 8.37. The molecule has 1 rings (SSSR count). The molecule has 0 spiro atoms. The number of carboxylic acids is 1. The van der Waals surface area contributed by atoms with Crippen molar-refractivity contribution in [3.8, 4) is 0 Å². The zero-order valence-electron chi connectivity index (χ0n) is 11.2. The van der Waals surface area contributed by atoms with E-state index in [-0.39, 0.29) is 11.3 Å². The van der Waals surface area contributed by atoms with Crippen LogP contribution in [0, 0.1) is 5.92 Å². The molecule has 2 nitrogen and oxygen atoms in total. The summed E-state index contributed by atoms with van der Waals surface area (Å²) in [7, 11) is 0. The van der Waals surface area contributed by atoms with E-state index in [0.717, 1.165) is 12.0 Å². The van der Waals surface area contributed by atoms with Crippen LogP contribution in [0.5, 0.6) is 0 Å². The van der Waals surface area contributed by atoms with Gasteiger partial charge in [0, 0.05) is 0 Å². The summed E-state index contributed by atoms with van der Waals surface area (Å²) >= 11 is 0. The van der Waals surface area contributed by atoms with Crippen molar-refractivity contribution in [2.45, 2.75) is 46.0 Å². The van der Waals surface area contributed by atoms with Crippen molar-refractivity contribution < 1.29 is 9.90 Å². The lowest BCUT2D eigenvalue weighted by molar-refractivity contribution is -0.141. The molecule has 0 fully saturated rings. The molecular weight excluding hydrogens is 212 g/mol. The molecule has 0 bridgehead atoms. The lowest BCUT2D eigenvalue weighted by Gasteiger charge is -2.23. The molecule has 2 heteroatoms. The SMILES string of the molecule is CCC(C)(C)c1ccc(CC(C)C(=O)O)cc1. The summed E-state index contributed by atoms with van der Waals surface area (Å²) in [6.07, 6.45) is 1.69. The zero-order chi connectivity index (χ0) is 13.1. The predicted molar refractivity (Wildman–Crippen MR) is 70.3 cm³/mol. The highest BCUT2D eigenvalue weighted by Gasteiger charge is 2.18. The van der Waals surface area contributed by atoms with Crippen molar-refractivity contribution in [1.82, 2.24) is 0 Å². The minimum atomic E-state index is -0.733. The number of aliphatic carboxylic acids is 1. The van der Waals surface area contributed by atoms with Gasteiger partial charge in [-0.05, 0) is 29.4 Å². The first-order valence-corrected chi connectivity index (χ1v) is 6.19. The van der Waals surface area contributed by atoms with Crippen molar-refractivity contribution in [2.24, 2.45) is 5.92 Å². The lowest BCUT2D eigenvalue weighted by atomic mass is 9.82. The Kier molecular flexibility index (Phi) is 4.33. The van der Waals surface area contributed by atoms with Gasteiger partial charge in [0.15, 0.2) is 0 Å². The zero-order valence-corrected chi connectivity index (χ0v) is 11.2. The maximum Gasteiger partial charge on any atom is 0.306 e. The van der Waals surface area contributed by atoms with Crippen molar-refractivity contribution in [2.75, 3.05) is 0 Å². The number of carboxylic acid groups (broad SMARTS) is 1. The van der Waals surface area contributed by atoms with E-state index in [2.05, 4.69) is 32.9 Å². The molecule has 0 heterocycles. The minimum absolute atomic E-state index is 0.191. The maximum atomic E-state index is 10.8. The quantitative estimate of drug-likeness (QED) is 0.844. The van der Waals surface area contributed by atoms with E-state index in [9.17, 15) is 4.79 Å². The Morgan fingerprint density at radius 3 is 2.24 bits per heavy atom. The van der Waals surface area contributed by atoms with Gasteiger partial charge < -0.3 is 5.11 Å². The van der Waals surface area contributed by atoms with Gasteiger partial charge in [-0.15, -0.1) is 0 Å². The van der Waals surface area contributed by atoms with Gasteiger partial charge in [-0.1, -0.05) is 52.0 Å². The van der Waals surface area contributed by atoms with Crippen LogP contribution in [0.25, 0.3) is 0 Å². The van der Waals surface area contributed by atoms with Crippen LogP contribution in [-0.2, 0) is 16.6 Å². The van der Waals surface area contributed by atoms with E-state index in [4.69, 9.17) is 5.11 Å². The molecular formula is C15H22O2. The highest BCUT2D eigenvalue weighted by molar-refractivity contribution is 5.69. The van der Waals surface area contributed by atoms with Gasteiger partial charge in [0.25, 0.3) is 0 Å². The van der Waals surface area contributed by atoms with Crippen molar-refractivity contribution in [3.05, 3.63) is 35.4 Å². The van der Waals surface area contributed by atoms with Crippen LogP contribution in [0.4, 0.5) is 0 Å². The monoisotopic (exact) mass is 234 g/mol. The Labute approximate surface area is 104 Å². The summed E-state index contributed by atoms with van der Waals surface area (Å²) in [5, 5.41) is 8.87. The third kappa shape index (κ3) is 3.58. The second-order valence-corrected chi connectivity index (χ2v) is 5.38. The first-order valence-electron chi connectivity index (χ1n) is 6.19. The fourth-order valence-corrected chi connectivity index (χ4v) is 1.74. The predicted octanol–water partition coefficient (Wildman–Crippen LogP) is 3.64. The summed E-state index contributed by atoms with van der Waals surface area (Å²) in [4.78, 5) is 10.8. The molecule has 0 saturated carbocycles. The number of rotatable bonds is 5. The normalized spacial score (nSPS) is 13.4. The summed E-state index contributed by atoms with van der Waals surface area (Å²) in [6, 6.07) is 8.33. The van der Waals surface area contributed by atoms with Gasteiger partial charge in [0.05, 0.1) is 5.92 Å². The molecule has 1 N–H and O–H groups in total. The Balaban J connectivity index is 2.78. The molecule has 0 aromatic heterocycles. The Morgan fingerprint density at radius 2 is 1.82 bits per heavy atom. The Bertz CT molecular complexity index is 376. The van der Waals surface area contributed by atoms with Crippen molar-refractivity contribution in [3.63, 3.8) is 0 Å². The second kappa shape index (κ2) is 5.35. The largest absolute Gasteiger partial charge is 0.481 e. The molecule has 1 aromatic rings. The fourth-order valence-electron chi connectivity index (χ4n) is 1.74. The molecule has 1 atom stereocenters. The van der Waals surface area contributed by atoms with Crippen LogP contribution in [0.1, 0.15) is 45.2 Å². The third-order valence-electron chi connectivity index (χ3n) is 3.58. The van der Waals surface area contributed by atoms with E-state index in [1.54, 1.807) is 6.92 Å². The highest BCUT2D eigenvalue weighted by atomic mass is 16.4. The summed E-state index contributed by atoms with van der Waals surface area (Å²) < 4.78 is 0. The van der Waals surface area contributed by atoms with E-state index in [1.165, 1.54) is 5.56 Å². The van der Waals surface area contributed by atoms with Crippen LogP contribution in [0.3, 0.4) is 0 Å². The van der Waals surface area contributed by atoms with Crippen LogP contribution >= 0.6 is 0 Å². The van der Waals surface area contributed by atoms with Crippen LogP contribution in [0.2, 0.25) is 0 Å². The van der Waals surface area contributed by atoms with Crippen LogP contribution in [0.15, 0.2) is 24.3 Å². The van der Waals surface area contributed by atoms with Crippen molar-refractivity contribution >= 4 is 5.97 Å². The molecule has 0 aliphatic carbocycles. The summed E-state index contributed by atoms with van der Waals surface area (Å²) in [5.41, 5.74) is 2.60. The molecule has 0 aliphatic heterocycles.